The van der Waals surface area contributed by atoms with Crippen molar-refractivity contribution in [1.29, 1.82) is 0 Å². The van der Waals surface area contributed by atoms with E-state index in [-0.39, 0.29) is 54.8 Å². The number of carbonyl (C=O) groups is 3. The van der Waals surface area contributed by atoms with Crippen molar-refractivity contribution in [1.82, 2.24) is 9.80 Å². The lowest BCUT2D eigenvalue weighted by Gasteiger charge is -2.48. The maximum absolute atomic E-state index is 14.4. The van der Waals surface area contributed by atoms with Crippen LogP contribution in [0.2, 0.25) is 0 Å². The van der Waals surface area contributed by atoms with Crippen molar-refractivity contribution in [3.05, 3.63) is 52.1 Å². The van der Waals surface area contributed by atoms with Gasteiger partial charge in [-0.15, -0.1) is 0 Å². The van der Waals surface area contributed by atoms with E-state index in [9.17, 15) is 34.7 Å². The first kappa shape index (κ1) is 47.2. The number of nitro benzene ring substituents is 1. The van der Waals surface area contributed by atoms with Crippen LogP contribution < -0.4 is 0 Å². The number of rotatable bonds is 8. The Kier molecular flexibility index (Phi) is 15.7. The first-order valence-electron chi connectivity index (χ1n) is 20.3. The van der Waals surface area contributed by atoms with Crippen LogP contribution in [0, 0.1) is 27.9 Å². The van der Waals surface area contributed by atoms with E-state index in [4.69, 9.17) is 28.4 Å². The van der Waals surface area contributed by atoms with Gasteiger partial charge in [-0.05, 0) is 91.6 Å². The van der Waals surface area contributed by atoms with E-state index in [2.05, 4.69) is 11.5 Å². The number of benzene rings is 1. The molecule has 0 aliphatic carbocycles. The normalized spacial score (nSPS) is 39.4. The molecule has 0 saturated carbocycles. The standard InChI is InChI=1S/C42H65N3O13/c1-13-33-42(10,50)36-24(3)21-44(20-23(2)22-53-36)25(4)19-41(9,49)37(58-40-35(55-29(8)46)32(43(11)12)18-26(5)54-40)27(6)34(28(7)38(47)56-33)57-39(48)30-14-16-31(17-15-30)45(51)52/h14-17,24-28,32-37,40,49-50H,2,13,18-22H2,1,3-12H3/t24-,25+,26+,27-,28+,32-,33+,34-,35+,36+,37+,40-,41+,42+/m0/s1. The van der Waals surface area contributed by atoms with Gasteiger partial charge in [0.1, 0.15) is 17.8 Å². The van der Waals surface area contributed by atoms with Crippen molar-refractivity contribution < 1.29 is 57.9 Å². The summed E-state index contributed by atoms with van der Waals surface area (Å²) in [6.45, 7) is 20.6. The maximum atomic E-state index is 14.4. The fourth-order valence-electron chi connectivity index (χ4n) is 9.03. The number of non-ortho nitro benzene ring substituents is 1. The van der Waals surface area contributed by atoms with Crippen LogP contribution in [-0.2, 0) is 38.0 Å². The highest BCUT2D eigenvalue weighted by atomic mass is 16.7. The fraction of sp³-hybridized carbons (Fsp3) is 0.738. The Morgan fingerprint density at radius 3 is 2.28 bits per heavy atom. The molecule has 2 N–H and O–H groups in total. The summed E-state index contributed by atoms with van der Waals surface area (Å²) in [7, 11) is 3.72. The van der Waals surface area contributed by atoms with Gasteiger partial charge >= 0.3 is 17.9 Å². The van der Waals surface area contributed by atoms with E-state index < -0.39 is 82.7 Å². The smallest absolute Gasteiger partial charge is 0.338 e. The van der Waals surface area contributed by atoms with E-state index in [1.165, 1.54) is 38.1 Å². The lowest BCUT2D eigenvalue weighted by Crippen LogP contribution is -2.60. The largest absolute Gasteiger partial charge is 0.459 e. The molecule has 4 rings (SSSR count). The summed E-state index contributed by atoms with van der Waals surface area (Å²) < 4.78 is 37.6. The van der Waals surface area contributed by atoms with Crippen LogP contribution >= 0.6 is 0 Å². The third-order valence-electron chi connectivity index (χ3n) is 12.0. The third kappa shape index (κ3) is 11.0. The van der Waals surface area contributed by atoms with Crippen molar-refractivity contribution in [2.45, 2.75) is 148 Å². The van der Waals surface area contributed by atoms with Gasteiger partial charge in [0.05, 0.1) is 53.0 Å². The zero-order chi connectivity index (χ0) is 43.4. The Morgan fingerprint density at radius 2 is 1.71 bits per heavy atom. The van der Waals surface area contributed by atoms with Crippen molar-refractivity contribution in [2.75, 3.05) is 33.8 Å². The molecule has 1 unspecified atom stereocenters. The Bertz CT molecular complexity index is 1620. The van der Waals surface area contributed by atoms with Crippen molar-refractivity contribution in [2.24, 2.45) is 17.8 Å². The summed E-state index contributed by atoms with van der Waals surface area (Å²) in [4.78, 5) is 55.6. The average Bonchev–Trinajstić information content (AvgIpc) is 3.13. The first-order chi connectivity index (χ1) is 27.0. The van der Waals surface area contributed by atoms with E-state index in [1.807, 2.05) is 39.8 Å². The lowest BCUT2D eigenvalue weighted by atomic mass is 9.78. The molecular formula is C42H65N3O13. The molecule has 3 heterocycles. The zero-order valence-corrected chi connectivity index (χ0v) is 35.9. The van der Waals surface area contributed by atoms with Gasteiger partial charge < -0.3 is 43.5 Å². The van der Waals surface area contributed by atoms with Gasteiger partial charge in [-0.1, -0.05) is 27.4 Å². The molecule has 1 aromatic rings. The predicted molar refractivity (Wildman–Crippen MR) is 213 cm³/mol. The number of nitrogens with zero attached hydrogens (tertiary/aromatic N) is 3. The number of cyclic esters (lactones) is 1. The van der Waals surface area contributed by atoms with Gasteiger partial charge in [-0.25, -0.2) is 4.79 Å². The molecule has 0 radical (unpaired) electrons. The third-order valence-corrected chi connectivity index (χ3v) is 12.0. The predicted octanol–water partition coefficient (Wildman–Crippen LogP) is 4.28. The average molecular weight is 820 g/mol. The van der Waals surface area contributed by atoms with Crippen LogP contribution in [0.15, 0.2) is 36.4 Å². The highest BCUT2D eigenvalue weighted by Crippen LogP contribution is 2.39. The van der Waals surface area contributed by atoms with E-state index in [0.717, 1.165) is 5.57 Å². The molecule has 0 amide bonds. The quantitative estimate of drug-likeness (QED) is 0.124. The molecule has 3 saturated heterocycles. The number of carbonyl (C=O) groups excluding carboxylic acids is 3. The fourth-order valence-corrected chi connectivity index (χ4v) is 9.03. The van der Waals surface area contributed by atoms with Gasteiger partial charge in [0.2, 0.25) is 0 Å². The summed E-state index contributed by atoms with van der Waals surface area (Å²) in [6.07, 6.45) is -6.01. The first-order valence-corrected chi connectivity index (χ1v) is 20.3. The van der Waals surface area contributed by atoms with Gasteiger partial charge in [0.25, 0.3) is 5.69 Å². The number of nitro groups is 1. The Balaban J connectivity index is 1.90. The molecule has 0 spiro atoms. The topological polar surface area (TPSA) is 197 Å². The Labute approximate surface area is 342 Å². The second kappa shape index (κ2) is 19.3. The van der Waals surface area contributed by atoms with Gasteiger partial charge in [-0.2, -0.15) is 0 Å². The van der Waals surface area contributed by atoms with Crippen LogP contribution in [0.25, 0.3) is 0 Å². The number of fused-ring (bicyclic) bond motifs is 3. The zero-order valence-electron chi connectivity index (χ0n) is 35.9. The summed E-state index contributed by atoms with van der Waals surface area (Å²) in [5.74, 6) is -4.69. The minimum atomic E-state index is -1.72. The van der Waals surface area contributed by atoms with E-state index >= 15 is 0 Å². The summed E-state index contributed by atoms with van der Waals surface area (Å²) in [6, 6.07) is 4.21. The second-order valence-corrected chi connectivity index (χ2v) is 17.4. The molecule has 3 aliphatic heterocycles. The molecule has 0 aromatic heterocycles. The summed E-state index contributed by atoms with van der Waals surface area (Å²) in [5.41, 5.74) is -2.87. The lowest BCUT2D eigenvalue weighted by molar-refractivity contribution is -0.384. The van der Waals surface area contributed by atoms with Crippen molar-refractivity contribution in [3.8, 4) is 0 Å². The van der Waals surface area contributed by atoms with E-state index in [1.54, 1.807) is 27.7 Å². The second-order valence-electron chi connectivity index (χ2n) is 17.4. The van der Waals surface area contributed by atoms with Crippen LogP contribution in [0.1, 0.15) is 91.9 Å². The minimum Gasteiger partial charge on any atom is -0.459 e. The monoisotopic (exact) mass is 819 g/mol. The molecule has 2 bridgehead atoms. The Morgan fingerprint density at radius 1 is 1.07 bits per heavy atom. The molecule has 326 valence electrons. The molecule has 16 nitrogen and oxygen atoms in total. The number of esters is 3. The number of hydrogen-bond acceptors (Lipinski definition) is 15. The Hall–Kier alpha value is -3.51. The number of ether oxygens (including phenoxy) is 6. The summed E-state index contributed by atoms with van der Waals surface area (Å²) in [5, 5.41) is 36.3. The molecule has 3 fully saturated rings. The molecule has 58 heavy (non-hydrogen) atoms. The number of likely N-dealkylation sites (N-methyl/N-ethyl adjacent to an activating group) is 1. The van der Waals surface area contributed by atoms with Crippen LogP contribution in [0.4, 0.5) is 5.69 Å². The summed E-state index contributed by atoms with van der Waals surface area (Å²) >= 11 is 0. The SMILES string of the molecule is C=C1CO[C@@H]2[C@@H](C)CN(C1)[C@H](C)C[C@@](C)(O)[C@H](O[C@@H]1O[C@H](C)C[C@H](N(C)C)[C@H]1OC(C)=O)[C@@H](C)[C@H](OC(=O)c1ccc([N+](=O)[O-])cc1)[C@@H](C)C(=O)O[C@H](CC)[C@@]2(C)O. The van der Waals surface area contributed by atoms with Crippen LogP contribution in [0.3, 0.4) is 0 Å². The van der Waals surface area contributed by atoms with Crippen molar-refractivity contribution >= 4 is 23.6 Å². The minimum absolute atomic E-state index is 0.0158. The van der Waals surface area contributed by atoms with Crippen molar-refractivity contribution in [3.63, 3.8) is 0 Å². The molecule has 16 heteroatoms. The van der Waals surface area contributed by atoms with Gasteiger partial charge in [-0.3, -0.25) is 24.6 Å². The molecular weight excluding hydrogens is 754 g/mol. The van der Waals surface area contributed by atoms with Gasteiger partial charge in [0, 0.05) is 44.1 Å². The van der Waals surface area contributed by atoms with Gasteiger partial charge in [0.15, 0.2) is 12.4 Å². The highest BCUT2D eigenvalue weighted by Gasteiger charge is 2.52. The molecule has 1 aromatic carbocycles. The maximum Gasteiger partial charge on any atom is 0.338 e. The highest BCUT2D eigenvalue weighted by molar-refractivity contribution is 5.90. The van der Waals surface area contributed by atoms with E-state index in [0.29, 0.717) is 19.5 Å². The van der Waals surface area contributed by atoms with Crippen LogP contribution in [0.5, 0.6) is 0 Å². The molecule has 3 aliphatic rings. The molecule has 15 atom stereocenters. The number of aliphatic hydroxyl groups is 2. The van der Waals surface area contributed by atoms with Crippen LogP contribution in [-0.4, -0.2) is 143 Å². The number of hydrogen-bond donors (Lipinski definition) is 2.